The van der Waals surface area contributed by atoms with Crippen LogP contribution in [0.1, 0.15) is 37.0 Å². The van der Waals surface area contributed by atoms with Crippen LogP contribution in [-0.4, -0.2) is 17.0 Å². The van der Waals surface area contributed by atoms with Crippen LogP contribution in [-0.2, 0) is 4.79 Å². The largest absolute Gasteiger partial charge is 0.478 e. The molecule has 144 valence electrons. The van der Waals surface area contributed by atoms with Gasteiger partial charge in [0.25, 0.3) is 0 Å². The Kier molecular flexibility index (Phi) is 7.18. The standard InChI is InChI=1S/C19H20F2N2O3S/c1-3-11(4-2)18(24)22-12-5-7-13(8-6-12)27-23-17-10-15(20)14(19(25)26)9-16(17)21/h5-11,23H,3-4H2,1-2H3,(H,22,24)(H,25,26). The zero-order chi connectivity index (χ0) is 20.0. The molecule has 0 heterocycles. The highest BCUT2D eigenvalue weighted by molar-refractivity contribution is 8.00. The predicted octanol–water partition coefficient (Wildman–Crippen LogP) is 5.16. The Hall–Kier alpha value is -2.61. The van der Waals surface area contributed by atoms with Crippen LogP contribution < -0.4 is 10.0 Å². The molecule has 0 saturated heterocycles. The summed E-state index contributed by atoms with van der Waals surface area (Å²) in [4.78, 5) is 23.6. The summed E-state index contributed by atoms with van der Waals surface area (Å²) in [6, 6.07) is 8.32. The summed E-state index contributed by atoms with van der Waals surface area (Å²) in [6.07, 6.45) is 1.53. The van der Waals surface area contributed by atoms with Gasteiger partial charge in [-0.15, -0.1) is 0 Å². The number of nitrogens with one attached hydrogen (secondary N) is 2. The number of halogens is 2. The van der Waals surface area contributed by atoms with E-state index in [4.69, 9.17) is 5.11 Å². The molecule has 8 heteroatoms. The van der Waals surface area contributed by atoms with Crippen LogP contribution >= 0.6 is 11.9 Å². The lowest BCUT2D eigenvalue weighted by Crippen LogP contribution is -2.21. The maximum absolute atomic E-state index is 13.9. The third-order valence-corrected chi connectivity index (χ3v) is 4.87. The van der Waals surface area contributed by atoms with Gasteiger partial charge >= 0.3 is 5.97 Å². The fourth-order valence-corrected chi connectivity index (χ4v) is 3.07. The third kappa shape index (κ3) is 5.43. The topological polar surface area (TPSA) is 78.4 Å². The number of rotatable bonds is 8. The van der Waals surface area contributed by atoms with Crippen LogP contribution in [0.4, 0.5) is 20.2 Å². The monoisotopic (exact) mass is 394 g/mol. The number of amides is 1. The Morgan fingerprint density at radius 1 is 1.07 bits per heavy atom. The molecule has 0 radical (unpaired) electrons. The van der Waals surface area contributed by atoms with E-state index in [0.29, 0.717) is 16.6 Å². The zero-order valence-corrected chi connectivity index (χ0v) is 15.7. The number of anilines is 2. The molecule has 0 aliphatic carbocycles. The smallest absolute Gasteiger partial charge is 0.338 e. The second-order valence-electron chi connectivity index (χ2n) is 5.85. The minimum Gasteiger partial charge on any atom is -0.478 e. The van der Waals surface area contributed by atoms with Gasteiger partial charge in [-0.05, 0) is 55.1 Å². The molecule has 3 N–H and O–H groups in total. The molecule has 0 fully saturated rings. The van der Waals surface area contributed by atoms with Crippen LogP contribution in [0, 0.1) is 17.6 Å². The van der Waals surface area contributed by atoms with Crippen molar-refractivity contribution in [3.05, 3.63) is 53.6 Å². The first-order valence-corrected chi connectivity index (χ1v) is 9.23. The van der Waals surface area contributed by atoms with E-state index in [9.17, 15) is 18.4 Å². The maximum Gasteiger partial charge on any atom is 0.338 e. The van der Waals surface area contributed by atoms with E-state index in [2.05, 4.69) is 10.0 Å². The number of aromatic carboxylic acids is 1. The van der Waals surface area contributed by atoms with E-state index in [1.54, 1.807) is 24.3 Å². The Morgan fingerprint density at radius 3 is 2.26 bits per heavy atom. The maximum atomic E-state index is 13.9. The van der Waals surface area contributed by atoms with Gasteiger partial charge in [-0.25, -0.2) is 13.6 Å². The van der Waals surface area contributed by atoms with Crippen LogP contribution in [0.15, 0.2) is 41.3 Å². The van der Waals surface area contributed by atoms with Crippen molar-refractivity contribution in [1.29, 1.82) is 0 Å². The highest BCUT2D eigenvalue weighted by Crippen LogP contribution is 2.26. The van der Waals surface area contributed by atoms with Gasteiger partial charge < -0.3 is 15.1 Å². The molecular formula is C19H20F2N2O3S. The summed E-state index contributed by atoms with van der Waals surface area (Å²) in [6.45, 7) is 3.92. The summed E-state index contributed by atoms with van der Waals surface area (Å²) in [5.41, 5.74) is -0.228. The molecule has 5 nitrogen and oxygen atoms in total. The van der Waals surface area contributed by atoms with Gasteiger partial charge in [-0.1, -0.05) is 13.8 Å². The molecule has 2 rings (SSSR count). The first kappa shape index (κ1) is 20.7. The molecule has 27 heavy (non-hydrogen) atoms. The summed E-state index contributed by atoms with van der Waals surface area (Å²) in [5.74, 6) is -3.49. The average Bonchev–Trinajstić information content (AvgIpc) is 2.64. The first-order valence-electron chi connectivity index (χ1n) is 8.41. The SMILES string of the molecule is CCC(CC)C(=O)Nc1ccc(SNc2cc(F)c(C(=O)O)cc2F)cc1. The number of carboxylic acid groups (broad SMARTS) is 1. The van der Waals surface area contributed by atoms with Crippen molar-refractivity contribution in [2.24, 2.45) is 5.92 Å². The lowest BCUT2D eigenvalue weighted by atomic mass is 10.0. The Bertz CT molecular complexity index is 824. The van der Waals surface area contributed by atoms with E-state index in [1.807, 2.05) is 13.8 Å². The Balaban J connectivity index is 2.00. The minimum atomic E-state index is -1.53. The fourth-order valence-electron chi connectivity index (χ4n) is 2.41. The van der Waals surface area contributed by atoms with E-state index >= 15 is 0 Å². The fraction of sp³-hybridized carbons (Fsp3) is 0.263. The van der Waals surface area contributed by atoms with Crippen molar-refractivity contribution in [1.82, 2.24) is 0 Å². The molecule has 0 spiro atoms. The second kappa shape index (κ2) is 9.36. The van der Waals surface area contributed by atoms with Crippen molar-refractivity contribution in [3.63, 3.8) is 0 Å². The molecule has 0 saturated carbocycles. The van der Waals surface area contributed by atoms with Crippen molar-refractivity contribution in [2.75, 3.05) is 10.0 Å². The molecule has 2 aromatic carbocycles. The quantitative estimate of drug-likeness (QED) is 0.539. The molecule has 0 aliphatic rings. The van der Waals surface area contributed by atoms with Crippen LogP contribution in [0.2, 0.25) is 0 Å². The van der Waals surface area contributed by atoms with Crippen molar-refractivity contribution >= 4 is 35.2 Å². The summed E-state index contributed by atoms with van der Waals surface area (Å²) in [5, 5.41) is 11.6. The molecule has 2 aromatic rings. The van der Waals surface area contributed by atoms with Crippen LogP contribution in [0.25, 0.3) is 0 Å². The average molecular weight is 394 g/mol. The zero-order valence-electron chi connectivity index (χ0n) is 14.9. The Morgan fingerprint density at radius 2 is 1.70 bits per heavy atom. The summed E-state index contributed by atoms with van der Waals surface area (Å²) < 4.78 is 30.2. The van der Waals surface area contributed by atoms with E-state index in [0.717, 1.165) is 30.9 Å². The highest BCUT2D eigenvalue weighted by Gasteiger charge is 2.16. The predicted molar refractivity (Wildman–Crippen MR) is 102 cm³/mol. The van der Waals surface area contributed by atoms with Gasteiger partial charge in [-0.2, -0.15) is 0 Å². The van der Waals surface area contributed by atoms with Gasteiger partial charge in [0, 0.05) is 22.6 Å². The van der Waals surface area contributed by atoms with Gasteiger partial charge in [0.15, 0.2) is 0 Å². The molecule has 0 aliphatic heterocycles. The van der Waals surface area contributed by atoms with Crippen molar-refractivity contribution < 1.29 is 23.5 Å². The summed E-state index contributed by atoms with van der Waals surface area (Å²) in [7, 11) is 0. The number of hydrogen-bond acceptors (Lipinski definition) is 4. The second-order valence-corrected chi connectivity index (χ2v) is 6.73. The molecule has 0 atom stereocenters. The summed E-state index contributed by atoms with van der Waals surface area (Å²) >= 11 is 1.04. The van der Waals surface area contributed by atoms with E-state index in [-0.39, 0.29) is 17.5 Å². The number of carbonyl (C=O) groups excluding carboxylic acids is 1. The van der Waals surface area contributed by atoms with Crippen molar-refractivity contribution in [2.45, 2.75) is 31.6 Å². The van der Waals surface area contributed by atoms with Crippen LogP contribution in [0.3, 0.4) is 0 Å². The number of carboxylic acids is 1. The number of hydrogen-bond donors (Lipinski definition) is 3. The normalized spacial score (nSPS) is 10.7. The Labute approximate surface area is 160 Å². The van der Waals surface area contributed by atoms with Gasteiger partial charge in [0.2, 0.25) is 5.91 Å². The molecule has 0 bridgehead atoms. The van der Waals surface area contributed by atoms with Gasteiger partial charge in [0.05, 0.1) is 11.3 Å². The van der Waals surface area contributed by atoms with E-state index in [1.165, 1.54) is 0 Å². The molecule has 1 amide bonds. The number of benzene rings is 2. The molecular weight excluding hydrogens is 374 g/mol. The highest BCUT2D eigenvalue weighted by atomic mass is 32.2. The third-order valence-electron chi connectivity index (χ3n) is 4.04. The lowest BCUT2D eigenvalue weighted by molar-refractivity contribution is -0.120. The van der Waals surface area contributed by atoms with Gasteiger partial charge in [0.1, 0.15) is 11.6 Å². The van der Waals surface area contributed by atoms with Crippen molar-refractivity contribution in [3.8, 4) is 0 Å². The minimum absolute atomic E-state index is 0.0328. The first-order chi connectivity index (χ1) is 12.8. The van der Waals surface area contributed by atoms with Gasteiger partial charge in [-0.3, -0.25) is 4.79 Å². The van der Waals surface area contributed by atoms with E-state index < -0.39 is 23.2 Å². The molecule has 0 aromatic heterocycles. The lowest BCUT2D eigenvalue weighted by Gasteiger charge is -2.13. The van der Waals surface area contributed by atoms with Crippen LogP contribution in [0.5, 0.6) is 0 Å². The number of carbonyl (C=O) groups is 2. The molecule has 0 unspecified atom stereocenters.